The van der Waals surface area contributed by atoms with Gasteiger partial charge in [-0.3, -0.25) is 18.9 Å². The lowest BCUT2D eigenvalue weighted by molar-refractivity contribution is -0.319. The Balaban J connectivity index is 0.000000386. The van der Waals surface area contributed by atoms with Crippen molar-refractivity contribution >= 4 is 63.3 Å². The summed E-state index contributed by atoms with van der Waals surface area (Å²) in [6, 6.07) is -0.319. The second kappa shape index (κ2) is 37.7. The summed E-state index contributed by atoms with van der Waals surface area (Å²) in [5.74, 6) is -8.32. The van der Waals surface area contributed by atoms with Crippen molar-refractivity contribution in [2.75, 3.05) is 34.9 Å². The van der Waals surface area contributed by atoms with Crippen molar-refractivity contribution in [2.45, 2.75) is 284 Å². The van der Waals surface area contributed by atoms with Crippen LogP contribution in [0.1, 0.15) is 217 Å². The molecule has 29 heteroatoms. The van der Waals surface area contributed by atoms with E-state index in [2.05, 4.69) is 11.1 Å². The van der Waals surface area contributed by atoms with Crippen LogP contribution in [0.4, 0.5) is 0 Å². The van der Waals surface area contributed by atoms with Crippen molar-refractivity contribution in [3.63, 3.8) is 0 Å². The van der Waals surface area contributed by atoms with Gasteiger partial charge in [-0.2, -0.15) is 8.42 Å². The molecule has 0 amide bonds. The zero-order valence-electron chi connectivity index (χ0n) is 61.1. The van der Waals surface area contributed by atoms with E-state index >= 15 is 0 Å². The van der Waals surface area contributed by atoms with Crippen LogP contribution in [-0.4, -0.2) is 197 Å². The molecular formula is C70H111Cl2NO25S. The van der Waals surface area contributed by atoms with E-state index in [4.69, 9.17) is 75.1 Å². The lowest BCUT2D eigenvalue weighted by Gasteiger charge is -2.49. The average molecular weight is 1470 g/mol. The van der Waals surface area contributed by atoms with Crippen LogP contribution < -0.4 is 9.47 Å². The Labute approximate surface area is 594 Å². The summed E-state index contributed by atoms with van der Waals surface area (Å²) in [7, 11) is 2.14. The van der Waals surface area contributed by atoms with Crippen LogP contribution in [0.3, 0.4) is 0 Å². The number of halogens is 2. The minimum atomic E-state index is -4.23. The minimum Gasteiger partial charge on any atom is -0.507 e. The number of Topliss-reactive ketones (excluding diaryl/α,β-unsaturated/α-hetero) is 1. The van der Waals surface area contributed by atoms with Crippen molar-refractivity contribution in [1.29, 1.82) is 0 Å². The first-order valence-electron chi connectivity index (χ1n) is 34.3. The zero-order valence-corrected chi connectivity index (χ0v) is 63.4. The van der Waals surface area contributed by atoms with E-state index in [0.717, 1.165) is 12.8 Å². The number of carbonyl (C=O) groups is 5. The molecule has 0 saturated carbocycles. The van der Waals surface area contributed by atoms with Gasteiger partial charge in [-0.15, -0.1) is 0 Å². The quantitative estimate of drug-likeness (QED) is 0.0189. The van der Waals surface area contributed by atoms with E-state index in [-0.39, 0.29) is 99.5 Å². The molecule has 0 bridgehead atoms. The molecule has 3 fully saturated rings. The number of nitrogens with zero attached hydrogens (tertiary/aromatic N) is 1. The highest BCUT2D eigenvalue weighted by Gasteiger charge is 2.54. The Morgan fingerprint density at radius 3 is 1.83 bits per heavy atom. The predicted octanol–water partition coefficient (Wildman–Crippen LogP) is 10.9. The van der Waals surface area contributed by atoms with Gasteiger partial charge in [-0.1, -0.05) is 123 Å². The molecule has 2 aromatic rings. The summed E-state index contributed by atoms with van der Waals surface area (Å²) in [6.07, 6.45) is 2.17. The lowest BCUT2D eigenvalue weighted by Crippen LogP contribution is -2.61. The highest BCUT2D eigenvalue weighted by Crippen LogP contribution is 2.53. The lowest BCUT2D eigenvalue weighted by atomic mass is 9.74. The van der Waals surface area contributed by atoms with E-state index in [0.29, 0.717) is 12.8 Å². The fourth-order valence-corrected chi connectivity index (χ4v) is 14.2. The predicted molar refractivity (Wildman–Crippen MR) is 367 cm³/mol. The number of hydrogen-bond donors (Lipinski definition) is 7. The average Bonchev–Trinajstić information content (AvgIpc) is 1.68. The summed E-state index contributed by atoms with van der Waals surface area (Å²) >= 11 is 12.2. The first-order valence-corrected chi connectivity index (χ1v) is 36.4. The number of benzene rings is 2. The number of carbonyl (C=O) groups excluding carboxylic acids is 5. The molecule has 18 unspecified atom stereocenters. The Kier molecular flexibility index (Phi) is 33.1. The normalized spacial score (nSPS) is 31.5. The molecule has 3 saturated heterocycles. The number of fused-ring (bicyclic) bond motifs is 2. The highest BCUT2D eigenvalue weighted by atomic mass is 35.5. The topological polar surface area (TPSA) is 366 Å². The fraction of sp³-hybridized carbons (Fsp3) is 0.757. The maximum absolute atomic E-state index is 14.2. The van der Waals surface area contributed by atoms with Crippen LogP contribution in [-0.2, 0) is 66.9 Å². The molecule has 0 radical (unpaired) electrons. The Morgan fingerprint density at radius 2 is 1.29 bits per heavy atom. The van der Waals surface area contributed by atoms with Gasteiger partial charge in [0.15, 0.2) is 41.7 Å². The summed E-state index contributed by atoms with van der Waals surface area (Å²) in [5, 5.41) is 66.7. The molecule has 6 rings (SSSR count). The Morgan fingerprint density at radius 1 is 0.717 bits per heavy atom. The minimum absolute atomic E-state index is 0.0131. The van der Waals surface area contributed by atoms with E-state index < -0.39 is 147 Å². The number of cyclic esters (lactones) is 1. The van der Waals surface area contributed by atoms with Gasteiger partial charge in [-0.25, -0.2) is 13.8 Å². The number of hydrogen-bond acceptors (Lipinski definition) is 25. The maximum atomic E-state index is 14.2. The third-order valence-corrected chi connectivity index (χ3v) is 20.8. The van der Waals surface area contributed by atoms with Crippen molar-refractivity contribution in [3.05, 3.63) is 37.9 Å². The second-order valence-electron chi connectivity index (χ2n) is 27.6. The number of phenols is 2. The number of aromatic hydroxyl groups is 2. The number of ether oxygens (including phenoxy) is 10. The van der Waals surface area contributed by atoms with E-state index in [9.17, 15) is 63.0 Å². The smallest absolute Gasteiger partial charge is 0.397 e. The number of phenolic OH excluding ortho intramolecular Hbond substituents is 2. The van der Waals surface area contributed by atoms with Crippen LogP contribution in [0, 0.1) is 44.4 Å². The van der Waals surface area contributed by atoms with E-state index in [1.54, 1.807) is 48.5 Å². The van der Waals surface area contributed by atoms with Gasteiger partial charge in [0.25, 0.3) is 0 Å². The number of unbranched alkanes of at least 4 members (excludes halogenated alkanes) is 9. The summed E-state index contributed by atoms with van der Waals surface area (Å²) in [6.45, 7) is 24.7. The third kappa shape index (κ3) is 22.0. The molecule has 2 aromatic carbocycles. The third-order valence-electron chi connectivity index (χ3n) is 19.5. The molecule has 7 N–H and O–H groups in total. The molecule has 26 nitrogen and oxygen atoms in total. The summed E-state index contributed by atoms with van der Waals surface area (Å²) in [5.41, 5.74) is -4.66. The Bertz CT molecular complexity index is 3160. The monoisotopic (exact) mass is 1470 g/mol. The number of methoxy groups -OCH3 is 2. The highest BCUT2D eigenvalue weighted by molar-refractivity contribution is 7.80. The number of aliphatic hydroxyl groups excluding tert-OH is 2. The van der Waals surface area contributed by atoms with Gasteiger partial charge in [0.1, 0.15) is 45.5 Å². The van der Waals surface area contributed by atoms with Crippen LogP contribution >= 0.6 is 23.2 Å². The van der Waals surface area contributed by atoms with Gasteiger partial charge < -0.3 is 82.9 Å². The molecule has 0 spiro atoms. The molecule has 4 aliphatic heterocycles. The number of aliphatic hydroxyl groups is 4. The van der Waals surface area contributed by atoms with Gasteiger partial charge >= 0.3 is 34.3 Å². The number of rotatable bonds is 22. The molecule has 0 aromatic heterocycles. The van der Waals surface area contributed by atoms with E-state index in [1.165, 1.54) is 101 Å². The molecular weight excluding hydrogens is 1360 g/mol. The number of esters is 4. The molecule has 18 atom stereocenters. The molecule has 0 aliphatic carbocycles. The first-order chi connectivity index (χ1) is 46.0. The summed E-state index contributed by atoms with van der Waals surface area (Å²) < 4.78 is 92.5. The van der Waals surface area contributed by atoms with Crippen LogP contribution in [0.15, 0.2) is 0 Å². The van der Waals surface area contributed by atoms with Crippen LogP contribution in [0.5, 0.6) is 28.7 Å². The zero-order chi connectivity index (χ0) is 75.1. The first kappa shape index (κ1) is 86.8. The fourth-order valence-electron chi connectivity index (χ4n) is 13.4. The van der Waals surface area contributed by atoms with Gasteiger partial charge in [-0.05, 0) is 108 Å². The van der Waals surface area contributed by atoms with E-state index in [1.807, 2.05) is 25.9 Å². The van der Waals surface area contributed by atoms with Crippen molar-refractivity contribution < 1.29 is 119 Å². The molecule has 4 heterocycles. The molecule has 566 valence electrons. The van der Waals surface area contributed by atoms with Gasteiger partial charge in [0, 0.05) is 48.8 Å². The second-order valence-corrected chi connectivity index (χ2v) is 29.5. The van der Waals surface area contributed by atoms with Gasteiger partial charge in [0.05, 0.1) is 72.4 Å². The standard InChI is InChI=1S/C40H71NO14.C18H14Cl2O7.C12H26O4S/c1-15-27-40(11,48)33(44)22(5)30(43)20(3)18-38(9,47)35(55-37-32(53-28(42)16-2)26(41(12)13)17-21(4)50-37)23(6)31(24(7)36(46)52-27)54-29-19-39(10,49-14)34(45)25(8)51-29;1-5-9-16(11(20)13(22)10(5)19)26-14-6(2)8(17(23)25-4)12(21)7(3)15(14)27-18(9)24;1-2-3-4-5-6-7-8-9-10-11-12-16-17(13,14)15/h20-27,29,31-35,37,44-45,47-48H,15-19H2,1-14H3;21-22H,1-4H3;2-12H2,1H3,(H,13,14,15). The Hall–Kier alpha value is -4.56. The van der Waals surface area contributed by atoms with Crippen LogP contribution in [0.25, 0.3) is 0 Å². The van der Waals surface area contributed by atoms with Crippen LogP contribution in [0.2, 0.25) is 10.0 Å². The number of ketones is 1. The molecule has 4 aliphatic rings. The van der Waals surface area contributed by atoms with Gasteiger partial charge in [0.2, 0.25) is 0 Å². The summed E-state index contributed by atoms with van der Waals surface area (Å²) in [4.78, 5) is 67.6. The maximum Gasteiger partial charge on any atom is 0.397 e. The SMILES string of the molecule is CCC(=O)OC1C(OC2C(C)C(OC3CC(C)(OC)C(O)C(C)O3)C(C)C(=O)OC(CC)C(C)(O)C(O)C(C)C(=O)C(C)CC2(C)O)OC(C)CC1N(C)C.CCCCCCCCCCCCOS(=O)(=O)O.COC(=O)c1c(C)c2c(c(C)c1O)OC(=O)c1c(C)c(Cl)c(O)c(Cl)c1O2. The number of likely N-dealkylation sites (N-methyl/N-ethyl adjacent to an activating group) is 1. The van der Waals surface area contributed by atoms with Crippen molar-refractivity contribution in [3.8, 4) is 28.7 Å². The largest absolute Gasteiger partial charge is 0.507 e. The van der Waals surface area contributed by atoms with Crippen molar-refractivity contribution in [1.82, 2.24) is 4.90 Å². The molecule has 99 heavy (non-hydrogen) atoms. The van der Waals surface area contributed by atoms with Crippen molar-refractivity contribution in [2.24, 2.45) is 23.7 Å².